The number of hydrogen-bond donors (Lipinski definition) is 1. The van der Waals surface area contributed by atoms with Gasteiger partial charge in [-0.25, -0.2) is 0 Å². The standard InChI is InChI=1S/C12H11N3O2/c1-15-10-3-2-7(4-8(10)5-12(15)16)9-6-11(13)17-14-9/h2-4,6H,5,13H2,1H3. The number of rotatable bonds is 1. The van der Waals surface area contributed by atoms with Gasteiger partial charge in [0.2, 0.25) is 11.8 Å². The average Bonchev–Trinajstić information content (AvgIpc) is 2.85. The maximum Gasteiger partial charge on any atom is 0.231 e. The number of amides is 1. The van der Waals surface area contributed by atoms with Crippen LogP contribution < -0.4 is 10.6 Å². The summed E-state index contributed by atoms with van der Waals surface area (Å²) in [6.07, 6.45) is 0.438. The van der Waals surface area contributed by atoms with E-state index in [1.165, 1.54) is 0 Å². The van der Waals surface area contributed by atoms with Gasteiger partial charge in [0, 0.05) is 24.4 Å². The van der Waals surface area contributed by atoms with Gasteiger partial charge in [-0.05, 0) is 17.7 Å². The lowest BCUT2D eigenvalue weighted by Crippen LogP contribution is -2.20. The van der Waals surface area contributed by atoms with Crippen molar-refractivity contribution in [3.63, 3.8) is 0 Å². The van der Waals surface area contributed by atoms with Gasteiger partial charge in [0.05, 0.1) is 6.42 Å². The summed E-state index contributed by atoms with van der Waals surface area (Å²) in [5, 5.41) is 3.85. The van der Waals surface area contributed by atoms with Crippen molar-refractivity contribution in [1.29, 1.82) is 0 Å². The fraction of sp³-hybridized carbons (Fsp3) is 0.167. The van der Waals surface area contributed by atoms with E-state index in [0.717, 1.165) is 16.8 Å². The first-order valence-electron chi connectivity index (χ1n) is 5.27. The van der Waals surface area contributed by atoms with E-state index in [1.54, 1.807) is 18.0 Å². The topological polar surface area (TPSA) is 72.4 Å². The molecule has 0 bridgehead atoms. The van der Waals surface area contributed by atoms with Crippen LogP contribution in [0.5, 0.6) is 0 Å². The molecular weight excluding hydrogens is 218 g/mol. The Bertz CT molecular complexity index is 604. The van der Waals surface area contributed by atoms with Crippen LogP contribution in [-0.2, 0) is 11.2 Å². The number of anilines is 2. The van der Waals surface area contributed by atoms with Gasteiger partial charge < -0.3 is 15.2 Å². The van der Waals surface area contributed by atoms with E-state index >= 15 is 0 Å². The third-order valence-electron chi connectivity index (χ3n) is 2.98. The minimum Gasteiger partial charge on any atom is -0.368 e. The van der Waals surface area contributed by atoms with Gasteiger partial charge in [0.25, 0.3) is 0 Å². The molecule has 0 radical (unpaired) electrons. The van der Waals surface area contributed by atoms with Crippen molar-refractivity contribution in [2.24, 2.45) is 0 Å². The SMILES string of the molecule is CN1C(=O)Cc2cc(-c3cc(N)on3)ccc21. The zero-order valence-electron chi connectivity index (χ0n) is 9.30. The Labute approximate surface area is 97.8 Å². The number of carbonyl (C=O) groups is 1. The van der Waals surface area contributed by atoms with Crippen LogP contribution in [0.15, 0.2) is 28.8 Å². The summed E-state index contributed by atoms with van der Waals surface area (Å²) in [6.45, 7) is 0. The van der Waals surface area contributed by atoms with Crippen molar-refractivity contribution in [2.75, 3.05) is 17.7 Å². The molecule has 0 saturated carbocycles. The first-order chi connectivity index (χ1) is 8.15. The van der Waals surface area contributed by atoms with Crippen molar-refractivity contribution in [3.05, 3.63) is 29.8 Å². The van der Waals surface area contributed by atoms with E-state index in [4.69, 9.17) is 10.3 Å². The first-order valence-corrected chi connectivity index (χ1v) is 5.27. The van der Waals surface area contributed by atoms with E-state index in [-0.39, 0.29) is 11.8 Å². The van der Waals surface area contributed by atoms with Crippen LogP contribution in [0.4, 0.5) is 11.6 Å². The second kappa shape index (κ2) is 3.35. The molecule has 1 aliphatic rings. The van der Waals surface area contributed by atoms with Crippen molar-refractivity contribution < 1.29 is 9.32 Å². The average molecular weight is 229 g/mol. The fourth-order valence-corrected chi connectivity index (χ4v) is 2.05. The molecule has 5 heteroatoms. The molecule has 0 atom stereocenters. The van der Waals surface area contributed by atoms with Gasteiger partial charge in [0.15, 0.2) is 0 Å². The number of hydrogen-bond acceptors (Lipinski definition) is 4. The molecule has 2 aromatic rings. The molecule has 1 aromatic carbocycles. The molecule has 3 rings (SSSR count). The molecule has 17 heavy (non-hydrogen) atoms. The van der Waals surface area contributed by atoms with Crippen LogP contribution in [0, 0.1) is 0 Å². The predicted octanol–water partition coefficient (Wildman–Crippen LogP) is 1.44. The van der Waals surface area contributed by atoms with Crippen LogP contribution in [-0.4, -0.2) is 18.1 Å². The largest absolute Gasteiger partial charge is 0.368 e. The molecule has 86 valence electrons. The van der Waals surface area contributed by atoms with E-state index in [9.17, 15) is 4.79 Å². The fourth-order valence-electron chi connectivity index (χ4n) is 2.05. The zero-order valence-corrected chi connectivity index (χ0v) is 9.30. The quantitative estimate of drug-likeness (QED) is 0.803. The monoisotopic (exact) mass is 229 g/mol. The summed E-state index contributed by atoms with van der Waals surface area (Å²) >= 11 is 0. The highest BCUT2D eigenvalue weighted by molar-refractivity contribution is 6.01. The summed E-state index contributed by atoms with van der Waals surface area (Å²) in [5.74, 6) is 0.394. The molecule has 5 nitrogen and oxygen atoms in total. The summed E-state index contributed by atoms with van der Waals surface area (Å²) < 4.78 is 4.83. The van der Waals surface area contributed by atoms with E-state index in [0.29, 0.717) is 12.1 Å². The van der Waals surface area contributed by atoms with E-state index in [1.807, 2.05) is 18.2 Å². The third kappa shape index (κ3) is 1.47. The molecule has 0 fully saturated rings. The number of fused-ring (bicyclic) bond motifs is 1. The number of nitrogens with two attached hydrogens (primary N) is 1. The van der Waals surface area contributed by atoms with Crippen LogP contribution in [0.1, 0.15) is 5.56 Å². The number of benzene rings is 1. The molecule has 0 saturated heterocycles. The maximum absolute atomic E-state index is 11.6. The number of nitrogen functional groups attached to an aromatic ring is 1. The molecule has 1 aromatic heterocycles. The highest BCUT2D eigenvalue weighted by Gasteiger charge is 2.24. The maximum atomic E-state index is 11.6. The predicted molar refractivity (Wildman–Crippen MR) is 63.5 cm³/mol. The highest BCUT2D eigenvalue weighted by atomic mass is 16.5. The summed E-state index contributed by atoms with van der Waals surface area (Å²) in [4.78, 5) is 13.2. The Morgan fingerprint density at radius 2 is 2.24 bits per heavy atom. The van der Waals surface area contributed by atoms with E-state index in [2.05, 4.69) is 5.16 Å². The lowest BCUT2D eigenvalue weighted by atomic mass is 10.1. The lowest BCUT2D eigenvalue weighted by molar-refractivity contribution is -0.117. The minimum absolute atomic E-state index is 0.108. The van der Waals surface area contributed by atoms with Crippen LogP contribution in [0.25, 0.3) is 11.3 Å². The smallest absolute Gasteiger partial charge is 0.231 e. The van der Waals surface area contributed by atoms with Gasteiger partial charge in [-0.15, -0.1) is 0 Å². The molecule has 0 aliphatic carbocycles. The van der Waals surface area contributed by atoms with Crippen LogP contribution in [0.2, 0.25) is 0 Å². The second-order valence-corrected chi connectivity index (χ2v) is 4.09. The normalized spacial score (nSPS) is 14.2. The Morgan fingerprint density at radius 3 is 2.94 bits per heavy atom. The summed E-state index contributed by atoms with van der Waals surface area (Å²) in [7, 11) is 1.78. The van der Waals surface area contributed by atoms with Crippen molar-refractivity contribution in [2.45, 2.75) is 6.42 Å². The number of likely N-dealkylation sites (N-methyl/N-ethyl adjacent to an activating group) is 1. The highest BCUT2D eigenvalue weighted by Crippen LogP contribution is 2.31. The van der Waals surface area contributed by atoms with Crippen LogP contribution in [0.3, 0.4) is 0 Å². The van der Waals surface area contributed by atoms with Crippen molar-refractivity contribution in [1.82, 2.24) is 5.16 Å². The van der Waals surface area contributed by atoms with Gasteiger partial charge in [-0.2, -0.15) is 0 Å². The lowest BCUT2D eigenvalue weighted by Gasteiger charge is -2.09. The molecule has 2 N–H and O–H groups in total. The zero-order chi connectivity index (χ0) is 12.0. The first kappa shape index (κ1) is 9.89. The Balaban J connectivity index is 2.06. The van der Waals surface area contributed by atoms with Gasteiger partial charge in [0.1, 0.15) is 5.69 Å². The van der Waals surface area contributed by atoms with Crippen molar-refractivity contribution >= 4 is 17.5 Å². The Kier molecular flexibility index (Phi) is 1.95. The van der Waals surface area contributed by atoms with Gasteiger partial charge >= 0.3 is 0 Å². The third-order valence-corrected chi connectivity index (χ3v) is 2.98. The number of nitrogens with zero attached hydrogens (tertiary/aromatic N) is 2. The summed E-state index contributed by atoms with van der Waals surface area (Å²) in [6, 6.07) is 7.45. The Morgan fingerprint density at radius 1 is 1.41 bits per heavy atom. The van der Waals surface area contributed by atoms with Crippen molar-refractivity contribution in [3.8, 4) is 11.3 Å². The minimum atomic E-state index is 0.108. The molecule has 1 amide bonds. The molecule has 1 aliphatic heterocycles. The van der Waals surface area contributed by atoms with Gasteiger partial charge in [-0.1, -0.05) is 11.2 Å². The Hall–Kier alpha value is -2.30. The molecule has 2 heterocycles. The van der Waals surface area contributed by atoms with E-state index < -0.39 is 0 Å². The molecule has 0 unspecified atom stereocenters. The van der Waals surface area contributed by atoms with Gasteiger partial charge in [-0.3, -0.25) is 4.79 Å². The van der Waals surface area contributed by atoms with Crippen LogP contribution >= 0.6 is 0 Å². The number of carbonyl (C=O) groups excluding carboxylic acids is 1. The molecular formula is C12H11N3O2. The summed E-state index contributed by atoms with van der Waals surface area (Å²) in [5.41, 5.74) is 9.04. The number of aromatic nitrogens is 1. The second-order valence-electron chi connectivity index (χ2n) is 4.09. The molecule has 0 spiro atoms.